The first kappa shape index (κ1) is 14.5. The Morgan fingerprint density at radius 2 is 2.15 bits per heavy atom. The van der Waals surface area contributed by atoms with Crippen molar-refractivity contribution >= 4 is 11.9 Å². The Labute approximate surface area is 118 Å². The van der Waals surface area contributed by atoms with Gasteiger partial charge in [-0.3, -0.25) is 4.79 Å². The molecule has 1 N–H and O–H groups in total. The van der Waals surface area contributed by atoms with Crippen LogP contribution in [0.4, 0.5) is 0 Å². The van der Waals surface area contributed by atoms with E-state index in [9.17, 15) is 9.59 Å². The first-order valence-corrected chi connectivity index (χ1v) is 6.74. The highest BCUT2D eigenvalue weighted by Crippen LogP contribution is 2.13. The second kappa shape index (κ2) is 6.52. The molecular weight excluding hydrogens is 258 g/mol. The fraction of sp³-hybridized carbons (Fsp3) is 0.467. The molecule has 1 amide bonds. The van der Waals surface area contributed by atoms with Crippen molar-refractivity contribution in [2.24, 2.45) is 0 Å². The molecule has 1 fully saturated rings. The Kier molecular flexibility index (Phi) is 4.74. The predicted octanol–water partition coefficient (Wildman–Crippen LogP) is 1.24. The van der Waals surface area contributed by atoms with Gasteiger partial charge in [-0.15, -0.1) is 0 Å². The summed E-state index contributed by atoms with van der Waals surface area (Å²) in [6.07, 6.45) is 0.962. The van der Waals surface area contributed by atoms with Crippen LogP contribution in [0, 0.1) is 6.92 Å². The molecule has 0 aliphatic carbocycles. The molecule has 5 heteroatoms. The van der Waals surface area contributed by atoms with E-state index in [0.29, 0.717) is 26.0 Å². The van der Waals surface area contributed by atoms with Gasteiger partial charge in [-0.1, -0.05) is 24.3 Å². The number of nitrogens with zero attached hydrogens (tertiary/aromatic N) is 1. The SMILES string of the molecule is Cc1ccccc1CCC(=O)N1CCOCC1C(=O)O. The molecule has 1 aromatic rings. The van der Waals surface area contributed by atoms with Gasteiger partial charge in [0, 0.05) is 13.0 Å². The number of rotatable bonds is 4. The predicted molar refractivity (Wildman–Crippen MR) is 73.5 cm³/mol. The molecule has 1 heterocycles. The molecule has 1 unspecified atom stereocenters. The third kappa shape index (κ3) is 3.36. The van der Waals surface area contributed by atoms with Gasteiger partial charge in [-0.25, -0.2) is 4.79 Å². The third-order valence-electron chi connectivity index (χ3n) is 3.60. The minimum Gasteiger partial charge on any atom is -0.480 e. The van der Waals surface area contributed by atoms with E-state index in [1.807, 2.05) is 31.2 Å². The van der Waals surface area contributed by atoms with Crippen molar-refractivity contribution < 1.29 is 19.4 Å². The Hall–Kier alpha value is -1.88. The molecule has 2 rings (SSSR count). The summed E-state index contributed by atoms with van der Waals surface area (Å²) in [5, 5.41) is 9.11. The van der Waals surface area contributed by atoms with Gasteiger partial charge < -0.3 is 14.7 Å². The lowest BCUT2D eigenvalue weighted by Crippen LogP contribution is -2.52. The lowest BCUT2D eigenvalue weighted by Gasteiger charge is -2.33. The molecule has 1 aliphatic heterocycles. The number of aryl methyl sites for hydroxylation is 2. The molecule has 1 aromatic carbocycles. The third-order valence-corrected chi connectivity index (χ3v) is 3.60. The van der Waals surface area contributed by atoms with Crippen LogP contribution in [0.5, 0.6) is 0 Å². The van der Waals surface area contributed by atoms with Crippen LogP contribution in [0.2, 0.25) is 0 Å². The van der Waals surface area contributed by atoms with Crippen molar-refractivity contribution in [2.45, 2.75) is 25.8 Å². The number of morpholine rings is 1. The highest BCUT2D eigenvalue weighted by atomic mass is 16.5. The van der Waals surface area contributed by atoms with Crippen LogP contribution in [0.1, 0.15) is 17.5 Å². The molecule has 5 nitrogen and oxygen atoms in total. The molecule has 20 heavy (non-hydrogen) atoms. The van der Waals surface area contributed by atoms with Gasteiger partial charge in [0.1, 0.15) is 0 Å². The molecule has 0 radical (unpaired) electrons. The highest BCUT2D eigenvalue weighted by molar-refractivity contribution is 5.84. The van der Waals surface area contributed by atoms with Crippen LogP contribution in [-0.2, 0) is 20.7 Å². The van der Waals surface area contributed by atoms with Crippen molar-refractivity contribution in [3.05, 3.63) is 35.4 Å². The number of hydrogen-bond donors (Lipinski definition) is 1. The maximum atomic E-state index is 12.2. The summed E-state index contributed by atoms with van der Waals surface area (Å²) >= 11 is 0. The average molecular weight is 277 g/mol. The van der Waals surface area contributed by atoms with Crippen LogP contribution < -0.4 is 0 Å². The number of amides is 1. The van der Waals surface area contributed by atoms with Gasteiger partial charge in [-0.2, -0.15) is 0 Å². The quantitative estimate of drug-likeness (QED) is 0.899. The molecule has 108 valence electrons. The van der Waals surface area contributed by atoms with Crippen molar-refractivity contribution in [3.63, 3.8) is 0 Å². The van der Waals surface area contributed by atoms with Gasteiger partial charge in [0.2, 0.25) is 5.91 Å². The van der Waals surface area contributed by atoms with Gasteiger partial charge in [0.15, 0.2) is 6.04 Å². The van der Waals surface area contributed by atoms with Gasteiger partial charge in [0.25, 0.3) is 0 Å². The number of benzene rings is 1. The fourth-order valence-electron chi connectivity index (χ4n) is 2.38. The van der Waals surface area contributed by atoms with Gasteiger partial charge >= 0.3 is 5.97 Å². The second-order valence-electron chi connectivity index (χ2n) is 4.94. The molecular formula is C15H19NO4. The Morgan fingerprint density at radius 3 is 2.85 bits per heavy atom. The topological polar surface area (TPSA) is 66.8 Å². The molecule has 0 saturated carbocycles. The van der Waals surface area contributed by atoms with Crippen molar-refractivity contribution in [2.75, 3.05) is 19.8 Å². The normalized spacial score (nSPS) is 18.9. The Morgan fingerprint density at radius 1 is 1.40 bits per heavy atom. The van der Waals surface area contributed by atoms with E-state index >= 15 is 0 Å². The Bertz CT molecular complexity index is 500. The zero-order chi connectivity index (χ0) is 14.5. The molecule has 0 spiro atoms. The summed E-state index contributed by atoms with van der Waals surface area (Å²) in [5.74, 6) is -1.13. The van der Waals surface area contributed by atoms with E-state index in [4.69, 9.17) is 9.84 Å². The Balaban J connectivity index is 1.97. The summed E-state index contributed by atoms with van der Waals surface area (Å²) in [6, 6.07) is 7.06. The largest absolute Gasteiger partial charge is 0.480 e. The van der Waals surface area contributed by atoms with Crippen LogP contribution >= 0.6 is 0 Å². The zero-order valence-electron chi connectivity index (χ0n) is 11.5. The van der Waals surface area contributed by atoms with Crippen molar-refractivity contribution in [3.8, 4) is 0 Å². The minimum atomic E-state index is -1.01. The first-order chi connectivity index (χ1) is 9.59. The number of aliphatic carboxylic acids is 1. The van der Waals surface area contributed by atoms with E-state index in [1.54, 1.807) is 0 Å². The van der Waals surface area contributed by atoms with Crippen LogP contribution in [0.3, 0.4) is 0 Å². The zero-order valence-corrected chi connectivity index (χ0v) is 11.5. The molecule has 1 atom stereocenters. The summed E-state index contributed by atoms with van der Waals surface area (Å²) in [4.78, 5) is 24.7. The number of ether oxygens (including phenoxy) is 1. The molecule has 1 aliphatic rings. The molecule has 0 aromatic heterocycles. The number of carboxylic acids is 1. The van der Waals surface area contributed by atoms with E-state index < -0.39 is 12.0 Å². The maximum absolute atomic E-state index is 12.2. The lowest BCUT2D eigenvalue weighted by molar-refractivity contribution is -0.158. The number of carbonyl (C=O) groups excluding carboxylic acids is 1. The highest BCUT2D eigenvalue weighted by Gasteiger charge is 2.32. The standard InChI is InChI=1S/C15H19NO4/c1-11-4-2-3-5-12(11)6-7-14(17)16-8-9-20-10-13(16)15(18)19/h2-5,13H,6-10H2,1H3,(H,18,19). The first-order valence-electron chi connectivity index (χ1n) is 6.74. The van der Waals surface area contributed by atoms with E-state index in [1.165, 1.54) is 4.90 Å². The summed E-state index contributed by atoms with van der Waals surface area (Å²) in [6.45, 7) is 2.84. The molecule has 0 bridgehead atoms. The van der Waals surface area contributed by atoms with Gasteiger partial charge in [-0.05, 0) is 24.5 Å². The molecule has 1 saturated heterocycles. The maximum Gasteiger partial charge on any atom is 0.328 e. The second-order valence-corrected chi connectivity index (χ2v) is 4.94. The van der Waals surface area contributed by atoms with Crippen molar-refractivity contribution in [1.82, 2.24) is 4.90 Å². The van der Waals surface area contributed by atoms with E-state index in [-0.39, 0.29) is 12.5 Å². The lowest BCUT2D eigenvalue weighted by atomic mass is 10.0. The minimum absolute atomic E-state index is 0.0748. The monoisotopic (exact) mass is 277 g/mol. The average Bonchev–Trinajstić information content (AvgIpc) is 2.46. The summed E-state index contributed by atoms with van der Waals surface area (Å²) in [7, 11) is 0. The van der Waals surface area contributed by atoms with Gasteiger partial charge in [0.05, 0.1) is 13.2 Å². The smallest absolute Gasteiger partial charge is 0.328 e. The number of carboxylic acid groups (broad SMARTS) is 1. The number of hydrogen-bond acceptors (Lipinski definition) is 3. The van der Waals surface area contributed by atoms with Crippen molar-refractivity contribution in [1.29, 1.82) is 0 Å². The number of carbonyl (C=O) groups is 2. The van der Waals surface area contributed by atoms with E-state index in [0.717, 1.165) is 11.1 Å². The van der Waals surface area contributed by atoms with Crippen LogP contribution in [0.15, 0.2) is 24.3 Å². The summed E-state index contributed by atoms with van der Waals surface area (Å²) in [5.41, 5.74) is 2.28. The van der Waals surface area contributed by atoms with Crippen LogP contribution in [-0.4, -0.2) is 47.7 Å². The van der Waals surface area contributed by atoms with E-state index in [2.05, 4.69) is 0 Å². The summed E-state index contributed by atoms with van der Waals surface area (Å²) < 4.78 is 5.13. The van der Waals surface area contributed by atoms with Crippen LogP contribution in [0.25, 0.3) is 0 Å². The fourth-order valence-corrected chi connectivity index (χ4v) is 2.38.